The number of halogens is 1. The summed E-state index contributed by atoms with van der Waals surface area (Å²) in [5, 5.41) is 0. The maximum absolute atomic E-state index is 13.6. The average molecular weight is 488 g/mol. The molecule has 0 spiro atoms. The summed E-state index contributed by atoms with van der Waals surface area (Å²) in [6.45, 7) is 2.74. The summed E-state index contributed by atoms with van der Waals surface area (Å²) < 4.78 is 50.2. The first kappa shape index (κ1) is 24.0. The van der Waals surface area contributed by atoms with Crippen molar-refractivity contribution in [3.8, 4) is 0 Å². The normalized spacial score (nSPS) is 15.2. The largest absolute Gasteiger partial charge is 0.465 e. The summed E-state index contributed by atoms with van der Waals surface area (Å²) in [4.78, 5) is 41.8. The van der Waals surface area contributed by atoms with E-state index in [1.54, 1.807) is 6.92 Å². The van der Waals surface area contributed by atoms with Crippen LogP contribution in [0.2, 0.25) is 0 Å². The zero-order chi connectivity index (χ0) is 23.3. The molecule has 174 valence electrons. The number of carbonyl (C=O) groups is 3. The molecule has 1 aliphatic rings. The van der Waals surface area contributed by atoms with Crippen LogP contribution in [0, 0.1) is 5.82 Å². The predicted octanol–water partition coefficient (Wildman–Crippen LogP) is 0.106. The van der Waals surface area contributed by atoms with Crippen LogP contribution in [0.25, 0.3) is 10.2 Å². The van der Waals surface area contributed by atoms with E-state index in [2.05, 4.69) is 4.99 Å². The van der Waals surface area contributed by atoms with Gasteiger partial charge in [0.25, 0.3) is 5.91 Å². The lowest BCUT2D eigenvalue weighted by atomic mass is 10.3. The standard InChI is InChI=1S/C19H22FN3O7S2/c1-2-30-18(26)10-23-14-4-3-13(20)9-15(14)31-19(23)21-16(24)11-32(27,28)12-17(25)22-5-7-29-8-6-22/h3-4,9H,2,5-8,10-12H2,1H3. The Morgan fingerprint density at radius 3 is 2.62 bits per heavy atom. The molecule has 1 aliphatic heterocycles. The number of morpholine rings is 1. The number of amides is 2. The van der Waals surface area contributed by atoms with Crippen molar-refractivity contribution in [2.75, 3.05) is 44.4 Å². The monoisotopic (exact) mass is 487 g/mol. The fourth-order valence-corrected chi connectivity index (χ4v) is 5.26. The van der Waals surface area contributed by atoms with Crippen LogP contribution in [0.3, 0.4) is 0 Å². The Balaban J connectivity index is 1.82. The van der Waals surface area contributed by atoms with E-state index >= 15 is 0 Å². The number of esters is 1. The molecule has 10 nitrogen and oxygen atoms in total. The van der Waals surface area contributed by atoms with E-state index in [0.29, 0.717) is 36.5 Å². The Morgan fingerprint density at radius 2 is 1.94 bits per heavy atom. The van der Waals surface area contributed by atoms with E-state index in [9.17, 15) is 27.2 Å². The van der Waals surface area contributed by atoms with Crippen LogP contribution in [0.4, 0.5) is 4.39 Å². The molecule has 0 radical (unpaired) electrons. The molecule has 13 heteroatoms. The van der Waals surface area contributed by atoms with Crippen molar-refractivity contribution >= 4 is 49.2 Å². The SMILES string of the molecule is CCOC(=O)Cn1c(=NC(=O)CS(=O)(=O)CC(=O)N2CCOCC2)sc2cc(F)ccc21. The summed E-state index contributed by atoms with van der Waals surface area (Å²) in [6.07, 6.45) is 0. The molecule has 0 saturated carbocycles. The minimum Gasteiger partial charge on any atom is -0.465 e. The van der Waals surface area contributed by atoms with Crippen LogP contribution in [0.1, 0.15) is 6.92 Å². The van der Waals surface area contributed by atoms with Gasteiger partial charge in [-0.2, -0.15) is 4.99 Å². The van der Waals surface area contributed by atoms with Gasteiger partial charge in [0.2, 0.25) is 5.91 Å². The van der Waals surface area contributed by atoms with Crippen molar-refractivity contribution in [3.63, 3.8) is 0 Å². The van der Waals surface area contributed by atoms with Gasteiger partial charge in [-0.15, -0.1) is 0 Å². The van der Waals surface area contributed by atoms with Crippen molar-refractivity contribution in [2.24, 2.45) is 4.99 Å². The maximum atomic E-state index is 13.6. The number of hydrogen-bond acceptors (Lipinski definition) is 8. The van der Waals surface area contributed by atoms with Gasteiger partial charge in [0.15, 0.2) is 14.6 Å². The Hall–Kier alpha value is -2.64. The van der Waals surface area contributed by atoms with Gasteiger partial charge in [0.1, 0.15) is 23.9 Å². The molecule has 0 N–H and O–H groups in total. The topological polar surface area (TPSA) is 124 Å². The Kier molecular flexibility index (Phi) is 7.74. The van der Waals surface area contributed by atoms with Crippen LogP contribution < -0.4 is 4.80 Å². The van der Waals surface area contributed by atoms with Crippen molar-refractivity contribution in [1.29, 1.82) is 0 Å². The molecule has 2 aromatic rings. The zero-order valence-corrected chi connectivity index (χ0v) is 18.9. The highest BCUT2D eigenvalue weighted by molar-refractivity contribution is 7.92. The quantitative estimate of drug-likeness (QED) is 0.508. The Labute approximate surface area is 187 Å². The molecule has 3 rings (SSSR count). The summed E-state index contributed by atoms with van der Waals surface area (Å²) in [5.41, 5.74) is 0.446. The number of thiazole rings is 1. The first-order valence-electron chi connectivity index (χ1n) is 9.76. The van der Waals surface area contributed by atoms with Crippen LogP contribution in [0.5, 0.6) is 0 Å². The summed E-state index contributed by atoms with van der Waals surface area (Å²) in [7, 11) is -4.06. The van der Waals surface area contributed by atoms with Gasteiger partial charge in [-0.3, -0.25) is 14.4 Å². The number of aromatic nitrogens is 1. The number of ether oxygens (including phenoxy) is 2. The van der Waals surface area contributed by atoms with Gasteiger partial charge in [0, 0.05) is 13.1 Å². The third kappa shape index (κ3) is 6.20. The highest BCUT2D eigenvalue weighted by Crippen LogP contribution is 2.19. The number of benzene rings is 1. The van der Waals surface area contributed by atoms with Crippen LogP contribution in [0.15, 0.2) is 23.2 Å². The fraction of sp³-hybridized carbons (Fsp3) is 0.474. The van der Waals surface area contributed by atoms with E-state index in [0.717, 1.165) is 11.3 Å². The summed E-state index contributed by atoms with van der Waals surface area (Å²) in [5.74, 6) is -4.47. The molecule has 2 amide bonds. The molecular formula is C19H22FN3O7S2. The minimum atomic E-state index is -4.06. The van der Waals surface area contributed by atoms with Gasteiger partial charge < -0.3 is 18.9 Å². The molecule has 2 heterocycles. The molecule has 1 fully saturated rings. The lowest BCUT2D eigenvalue weighted by Gasteiger charge is -2.26. The summed E-state index contributed by atoms with van der Waals surface area (Å²) >= 11 is 0.933. The van der Waals surface area contributed by atoms with E-state index in [1.807, 2.05) is 0 Å². The third-order valence-corrected chi connectivity index (χ3v) is 6.92. The molecule has 1 saturated heterocycles. The lowest BCUT2D eigenvalue weighted by molar-refractivity contribution is -0.143. The van der Waals surface area contributed by atoms with Gasteiger partial charge in [-0.25, -0.2) is 12.8 Å². The molecule has 0 bridgehead atoms. The number of carbonyl (C=O) groups excluding carboxylic acids is 3. The molecule has 1 aromatic carbocycles. The number of rotatable bonds is 7. The maximum Gasteiger partial charge on any atom is 0.326 e. The second-order valence-corrected chi connectivity index (χ2v) is 9.99. The van der Waals surface area contributed by atoms with Gasteiger partial charge in [-0.1, -0.05) is 11.3 Å². The molecular weight excluding hydrogens is 465 g/mol. The Bertz CT molecular complexity index is 1200. The van der Waals surface area contributed by atoms with Crippen molar-refractivity contribution in [1.82, 2.24) is 9.47 Å². The third-order valence-electron chi connectivity index (χ3n) is 4.51. The van der Waals surface area contributed by atoms with E-state index in [-0.39, 0.29) is 18.0 Å². The first-order chi connectivity index (χ1) is 15.2. The van der Waals surface area contributed by atoms with Gasteiger partial charge in [0.05, 0.1) is 30.0 Å². The second kappa shape index (κ2) is 10.3. The van der Waals surface area contributed by atoms with Crippen molar-refractivity contribution < 1.29 is 36.7 Å². The predicted molar refractivity (Wildman–Crippen MR) is 113 cm³/mol. The number of fused-ring (bicyclic) bond motifs is 1. The van der Waals surface area contributed by atoms with Crippen LogP contribution in [-0.2, 0) is 40.2 Å². The smallest absolute Gasteiger partial charge is 0.326 e. The summed E-state index contributed by atoms with van der Waals surface area (Å²) in [6, 6.07) is 3.86. The molecule has 32 heavy (non-hydrogen) atoms. The number of nitrogens with zero attached hydrogens (tertiary/aromatic N) is 3. The molecule has 0 aliphatic carbocycles. The molecule has 1 aromatic heterocycles. The highest BCUT2D eigenvalue weighted by atomic mass is 32.2. The first-order valence-corrected chi connectivity index (χ1v) is 12.4. The van der Waals surface area contributed by atoms with Gasteiger partial charge >= 0.3 is 5.97 Å². The van der Waals surface area contributed by atoms with Crippen molar-refractivity contribution in [3.05, 3.63) is 28.8 Å². The minimum absolute atomic E-state index is 0.0263. The van der Waals surface area contributed by atoms with E-state index < -0.39 is 44.9 Å². The lowest BCUT2D eigenvalue weighted by Crippen LogP contribution is -2.43. The van der Waals surface area contributed by atoms with E-state index in [4.69, 9.17) is 9.47 Å². The zero-order valence-electron chi connectivity index (χ0n) is 17.3. The number of sulfone groups is 1. The second-order valence-electron chi connectivity index (χ2n) is 6.92. The van der Waals surface area contributed by atoms with Crippen LogP contribution >= 0.6 is 11.3 Å². The average Bonchev–Trinajstić information content (AvgIpc) is 3.03. The van der Waals surface area contributed by atoms with E-state index in [1.165, 1.54) is 27.7 Å². The fourth-order valence-electron chi connectivity index (χ4n) is 3.09. The molecule has 0 unspecified atom stereocenters. The highest BCUT2D eigenvalue weighted by Gasteiger charge is 2.25. The Morgan fingerprint density at radius 1 is 1.22 bits per heavy atom. The van der Waals surface area contributed by atoms with Crippen LogP contribution in [-0.4, -0.2) is 80.1 Å². The number of hydrogen-bond donors (Lipinski definition) is 0. The molecule has 0 atom stereocenters. The van der Waals surface area contributed by atoms with Gasteiger partial charge in [-0.05, 0) is 25.1 Å². The van der Waals surface area contributed by atoms with Crippen molar-refractivity contribution in [2.45, 2.75) is 13.5 Å².